The zero-order valence-corrected chi connectivity index (χ0v) is 12.5. The van der Waals surface area contributed by atoms with Crippen LogP contribution < -0.4 is 10.1 Å². The molecule has 1 amide bonds. The molecule has 0 atom stereocenters. The first kappa shape index (κ1) is 15.7. The van der Waals surface area contributed by atoms with Gasteiger partial charge in [-0.15, -0.1) is 0 Å². The molecule has 1 aromatic heterocycles. The predicted molar refractivity (Wildman–Crippen MR) is 77.3 cm³/mol. The van der Waals surface area contributed by atoms with Crippen LogP contribution in [0.1, 0.15) is 37.0 Å². The number of hydrogen-bond donors (Lipinski definition) is 2. The number of hydrogen-bond acceptors (Lipinski definition) is 5. The molecule has 6 heteroatoms. The number of nitrogens with one attached hydrogen (secondary N) is 1. The highest BCUT2D eigenvalue weighted by atomic mass is 16.5. The zero-order chi connectivity index (χ0) is 15.3. The predicted octanol–water partition coefficient (Wildman–Crippen LogP) is 1.14. The van der Waals surface area contributed by atoms with Crippen molar-refractivity contribution in [3.8, 4) is 5.88 Å². The van der Waals surface area contributed by atoms with Crippen LogP contribution in [-0.2, 0) is 4.74 Å². The minimum absolute atomic E-state index is 0.124. The van der Waals surface area contributed by atoms with E-state index in [1.54, 1.807) is 26.0 Å². The SMILES string of the molecule is CC(C)(CO)NC(=O)c1ccc(OC2CCOCC2)nc1. The van der Waals surface area contributed by atoms with Gasteiger partial charge in [0.15, 0.2) is 0 Å². The zero-order valence-electron chi connectivity index (χ0n) is 12.5. The fourth-order valence-electron chi connectivity index (χ4n) is 1.97. The second kappa shape index (κ2) is 6.87. The lowest BCUT2D eigenvalue weighted by Crippen LogP contribution is -2.46. The highest BCUT2D eigenvalue weighted by Crippen LogP contribution is 2.16. The van der Waals surface area contributed by atoms with Crippen LogP contribution in [0, 0.1) is 0 Å². The Morgan fingerprint density at radius 2 is 2.19 bits per heavy atom. The van der Waals surface area contributed by atoms with Crippen molar-refractivity contribution < 1.29 is 19.4 Å². The Morgan fingerprint density at radius 1 is 1.48 bits per heavy atom. The van der Waals surface area contributed by atoms with Gasteiger partial charge in [0.2, 0.25) is 5.88 Å². The number of pyridine rings is 1. The molecule has 1 aliphatic rings. The van der Waals surface area contributed by atoms with Gasteiger partial charge in [0.1, 0.15) is 6.10 Å². The summed E-state index contributed by atoms with van der Waals surface area (Å²) in [4.78, 5) is 16.2. The minimum atomic E-state index is -0.658. The average molecular weight is 294 g/mol. The van der Waals surface area contributed by atoms with Gasteiger partial charge in [-0.3, -0.25) is 4.79 Å². The summed E-state index contributed by atoms with van der Waals surface area (Å²) in [6.07, 6.45) is 3.32. The minimum Gasteiger partial charge on any atom is -0.474 e. The van der Waals surface area contributed by atoms with E-state index in [9.17, 15) is 4.79 Å². The van der Waals surface area contributed by atoms with Crippen LogP contribution >= 0.6 is 0 Å². The maximum absolute atomic E-state index is 12.0. The molecule has 0 saturated carbocycles. The first-order valence-corrected chi connectivity index (χ1v) is 7.14. The summed E-state index contributed by atoms with van der Waals surface area (Å²) in [6, 6.07) is 3.36. The largest absolute Gasteiger partial charge is 0.474 e. The first-order valence-electron chi connectivity index (χ1n) is 7.14. The van der Waals surface area contributed by atoms with Gasteiger partial charge in [0.25, 0.3) is 5.91 Å². The summed E-state index contributed by atoms with van der Waals surface area (Å²) in [5.41, 5.74) is -0.218. The van der Waals surface area contributed by atoms with Crippen molar-refractivity contribution in [1.82, 2.24) is 10.3 Å². The van der Waals surface area contributed by atoms with Crippen molar-refractivity contribution in [3.05, 3.63) is 23.9 Å². The van der Waals surface area contributed by atoms with Crippen LogP contribution in [-0.4, -0.2) is 47.5 Å². The summed E-state index contributed by atoms with van der Waals surface area (Å²) < 4.78 is 11.0. The van der Waals surface area contributed by atoms with Crippen molar-refractivity contribution in [2.45, 2.75) is 38.3 Å². The Morgan fingerprint density at radius 3 is 2.76 bits per heavy atom. The Balaban J connectivity index is 1.93. The summed E-state index contributed by atoms with van der Waals surface area (Å²) in [5, 5.41) is 11.9. The molecule has 1 aliphatic heterocycles. The number of aliphatic hydroxyl groups excluding tert-OH is 1. The smallest absolute Gasteiger partial charge is 0.253 e. The third-order valence-electron chi connectivity index (χ3n) is 3.30. The summed E-state index contributed by atoms with van der Waals surface area (Å²) >= 11 is 0. The lowest BCUT2D eigenvalue weighted by atomic mass is 10.1. The molecular formula is C15H22N2O4. The number of aromatic nitrogens is 1. The number of rotatable bonds is 5. The van der Waals surface area contributed by atoms with Gasteiger partial charge in [-0.25, -0.2) is 4.98 Å². The fraction of sp³-hybridized carbons (Fsp3) is 0.600. The molecule has 0 radical (unpaired) electrons. The van der Waals surface area contributed by atoms with Crippen molar-refractivity contribution in [2.24, 2.45) is 0 Å². The van der Waals surface area contributed by atoms with Crippen LogP contribution in [0.3, 0.4) is 0 Å². The number of ether oxygens (including phenoxy) is 2. The molecule has 1 fully saturated rings. The number of nitrogens with zero attached hydrogens (tertiary/aromatic N) is 1. The van der Waals surface area contributed by atoms with E-state index in [1.807, 2.05) is 0 Å². The van der Waals surface area contributed by atoms with Crippen LogP contribution in [0.25, 0.3) is 0 Å². The molecule has 0 aromatic carbocycles. The number of aliphatic hydroxyl groups is 1. The lowest BCUT2D eigenvalue weighted by molar-refractivity contribution is 0.0237. The second-order valence-corrected chi connectivity index (χ2v) is 5.81. The van der Waals surface area contributed by atoms with E-state index in [0.29, 0.717) is 24.7 Å². The van der Waals surface area contributed by atoms with E-state index >= 15 is 0 Å². The van der Waals surface area contributed by atoms with Gasteiger partial charge in [-0.1, -0.05) is 0 Å². The van der Waals surface area contributed by atoms with E-state index in [0.717, 1.165) is 12.8 Å². The molecule has 2 rings (SSSR count). The Hall–Kier alpha value is -1.66. The molecule has 2 heterocycles. The fourth-order valence-corrected chi connectivity index (χ4v) is 1.97. The Kier molecular flexibility index (Phi) is 5.14. The maximum Gasteiger partial charge on any atom is 0.253 e. The van der Waals surface area contributed by atoms with Crippen LogP contribution in [0.5, 0.6) is 5.88 Å². The van der Waals surface area contributed by atoms with Gasteiger partial charge in [-0.2, -0.15) is 0 Å². The van der Waals surface area contributed by atoms with Crippen LogP contribution in [0.2, 0.25) is 0 Å². The topological polar surface area (TPSA) is 80.7 Å². The molecule has 0 aliphatic carbocycles. The van der Waals surface area contributed by atoms with Gasteiger partial charge < -0.3 is 19.9 Å². The van der Waals surface area contributed by atoms with Crippen molar-refractivity contribution in [2.75, 3.05) is 19.8 Å². The van der Waals surface area contributed by atoms with E-state index in [2.05, 4.69) is 10.3 Å². The van der Waals surface area contributed by atoms with E-state index in [4.69, 9.17) is 14.6 Å². The maximum atomic E-state index is 12.0. The molecule has 1 aromatic rings. The van der Waals surface area contributed by atoms with Crippen molar-refractivity contribution in [3.63, 3.8) is 0 Å². The average Bonchev–Trinajstić information content (AvgIpc) is 2.48. The van der Waals surface area contributed by atoms with Gasteiger partial charge in [-0.05, 0) is 19.9 Å². The second-order valence-electron chi connectivity index (χ2n) is 5.81. The Bertz CT molecular complexity index is 467. The molecule has 0 bridgehead atoms. The first-order chi connectivity index (χ1) is 10.00. The third kappa shape index (κ3) is 4.68. The molecule has 6 nitrogen and oxygen atoms in total. The Labute approximate surface area is 124 Å². The quantitative estimate of drug-likeness (QED) is 0.851. The monoisotopic (exact) mass is 294 g/mol. The van der Waals surface area contributed by atoms with Crippen molar-refractivity contribution >= 4 is 5.91 Å². The molecule has 2 N–H and O–H groups in total. The van der Waals surface area contributed by atoms with Gasteiger partial charge in [0, 0.05) is 25.1 Å². The molecule has 0 unspecified atom stereocenters. The number of carbonyl (C=O) groups excluding carboxylic acids is 1. The van der Waals surface area contributed by atoms with Crippen LogP contribution in [0.4, 0.5) is 0 Å². The van der Waals surface area contributed by atoms with Crippen molar-refractivity contribution in [1.29, 1.82) is 0 Å². The molecular weight excluding hydrogens is 272 g/mol. The molecule has 21 heavy (non-hydrogen) atoms. The van der Waals surface area contributed by atoms with E-state index in [1.165, 1.54) is 6.20 Å². The highest BCUT2D eigenvalue weighted by Gasteiger charge is 2.20. The summed E-state index contributed by atoms with van der Waals surface area (Å²) in [5.74, 6) is 0.249. The van der Waals surface area contributed by atoms with E-state index < -0.39 is 5.54 Å². The van der Waals surface area contributed by atoms with Gasteiger partial charge >= 0.3 is 0 Å². The third-order valence-corrected chi connectivity index (χ3v) is 3.30. The van der Waals surface area contributed by atoms with Gasteiger partial charge in [0.05, 0.1) is 30.9 Å². The molecule has 116 valence electrons. The number of amides is 1. The van der Waals surface area contributed by atoms with E-state index in [-0.39, 0.29) is 18.6 Å². The van der Waals surface area contributed by atoms with Crippen LogP contribution in [0.15, 0.2) is 18.3 Å². The standard InChI is InChI=1S/C15H22N2O4/c1-15(2,10-18)17-14(19)11-3-4-13(16-9-11)21-12-5-7-20-8-6-12/h3-4,9,12,18H,5-8,10H2,1-2H3,(H,17,19). The molecule has 1 saturated heterocycles. The normalized spacial score (nSPS) is 16.5. The number of carbonyl (C=O) groups is 1. The summed E-state index contributed by atoms with van der Waals surface area (Å²) in [6.45, 7) is 4.79. The lowest BCUT2D eigenvalue weighted by Gasteiger charge is -2.24. The summed E-state index contributed by atoms with van der Waals surface area (Å²) in [7, 11) is 0. The molecule has 0 spiro atoms. The highest BCUT2D eigenvalue weighted by molar-refractivity contribution is 5.94.